The highest BCUT2D eigenvalue weighted by molar-refractivity contribution is 6.34. The van der Waals surface area contributed by atoms with Crippen molar-refractivity contribution in [3.05, 3.63) is 0 Å². The van der Waals surface area contributed by atoms with Crippen molar-refractivity contribution >= 4 is 11.8 Å². The van der Waals surface area contributed by atoms with Gasteiger partial charge in [-0.25, -0.2) is 0 Å². The Morgan fingerprint density at radius 3 is 2.29 bits per heavy atom. The molecule has 2 amide bonds. The van der Waals surface area contributed by atoms with Gasteiger partial charge in [-0.3, -0.25) is 14.5 Å². The summed E-state index contributed by atoms with van der Waals surface area (Å²) in [4.78, 5) is 30.1. The lowest BCUT2D eigenvalue weighted by Gasteiger charge is -2.36. The quantitative estimate of drug-likeness (QED) is 0.740. The van der Waals surface area contributed by atoms with E-state index in [9.17, 15) is 9.59 Å². The van der Waals surface area contributed by atoms with E-state index in [1.54, 1.807) is 16.8 Å². The first-order chi connectivity index (χ1) is 10.1. The molecule has 1 N–H and O–H groups in total. The summed E-state index contributed by atoms with van der Waals surface area (Å²) in [5.74, 6) is -0.732. The highest BCUT2D eigenvalue weighted by Gasteiger charge is 2.31. The van der Waals surface area contributed by atoms with E-state index in [1.807, 2.05) is 0 Å². The second kappa shape index (κ2) is 7.75. The van der Waals surface area contributed by atoms with Gasteiger partial charge in [-0.15, -0.1) is 0 Å². The van der Waals surface area contributed by atoms with Crippen molar-refractivity contribution in [2.45, 2.75) is 38.1 Å². The molecule has 1 saturated carbocycles. The third-order valence-corrected chi connectivity index (χ3v) is 4.70. The average Bonchev–Trinajstić information content (AvgIpc) is 2.54. The van der Waals surface area contributed by atoms with Crippen LogP contribution in [0.1, 0.15) is 32.1 Å². The third kappa shape index (κ3) is 4.17. The summed E-state index contributed by atoms with van der Waals surface area (Å²) in [7, 11) is 1.76. The topological polar surface area (TPSA) is 64.1 Å². The Morgan fingerprint density at radius 1 is 1.10 bits per heavy atom. The molecule has 0 bridgehead atoms. The Morgan fingerprint density at radius 2 is 1.71 bits per heavy atom. The first kappa shape index (κ1) is 16.2. The fraction of sp³-hybridized carbons (Fsp3) is 0.867. The second-order valence-corrected chi connectivity index (χ2v) is 6.07. The molecule has 120 valence electrons. The number of hydrogen-bond donors (Lipinski definition) is 1. The molecule has 21 heavy (non-hydrogen) atoms. The zero-order valence-corrected chi connectivity index (χ0v) is 13.0. The van der Waals surface area contributed by atoms with Crippen molar-refractivity contribution in [1.29, 1.82) is 0 Å². The maximum Gasteiger partial charge on any atom is 0.312 e. The average molecular weight is 297 g/mol. The van der Waals surface area contributed by atoms with Gasteiger partial charge in [0, 0.05) is 45.8 Å². The normalized spacial score (nSPS) is 21.3. The highest BCUT2D eigenvalue weighted by Crippen LogP contribution is 2.22. The Bertz CT molecular complexity index is 361. The Labute approximate surface area is 126 Å². The highest BCUT2D eigenvalue weighted by atomic mass is 16.3. The molecule has 6 nitrogen and oxygen atoms in total. The maximum absolute atomic E-state index is 12.3. The molecule has 1 saturated heterocycles. The molecule has 2 aliphatic rings. The maximum atomic E-state index is 12.3. The van der Waals surface area contributed by atoms with Gasteiger partial charge in [-0.05, 0) is 12.8 Å². The lowest BCUT2D eigenvalue weighted by atomic mass is 9.94. The van der Waals surface area contributed by atoms with Crippen molar-refractivity contribution < 1.29 is 14.7 Å². The summed E-state index contributed by atoms with van der Waals surface area (Å²) in [5.41, 5.74) is 0. The van der Waals surface area contributed by atoms with E-state index < -0.39 is 0 Å². The number of likely N-dealkylation sites (N-methyl/N-ethyl adjacent to an activating group) is 1. The van der Waals surface area contributed by atoms with Gasteiger partial charge in [0.05, 0.1) is 6.61 Å². The Kier molecular flexibility index (Phi) is 5.99. The van der Waals surface area contributed by atoms with Crippen LogP contribution in [0.25, 0.3) is 0 Å². The van der Waals surface area contributed by atoms with Crippen LogP contribution in [0.15, 0.2) is 0 Å². The minimum absolute atomic E-state index is 0.136. The molecule has 0 aromatic rings. The number of piperazine rings is 1. The van der Waals surface area contributed by atoms with Gasteiger partial charge in [-0.2, -0.15) is 0 Å². The van der Waals surface area contributed by atoms with Crippen LogP contribution in [0, 0.1) is 0 Å². The van der Waals surface area contributed by atoms with Gasteiger partial charge >= 0.3 is 11.8 Å². The largest absolute Gasteiger partial charge is 0.395 e. The van der Waals surface area contributed by atoms with Crippen LogP contribution in [-0.4, -0.2) is 84.0 Å². The van der Waals surface area contributed by atoms with Gasteiger partial charge < -0.3 is 14.9 Å². The minimum atomic E-state index is -0.369. The molecule has 1 aliphatic heterocycles. The van der Waals surface area contributed by atoms with Gasteiger partial charge in [0.1, 0.15) is 0 Å². The summed E-state index contributed by atoms with van der Waals surface area (Å²) in [5, 5.41) is 8.92. The summed E-state index contributed by atoms with van der Waals surface area (Å²) in [6.07, 6.45) is 5.56. The van der Waals surface area contributed by atoms with E-state index in [0.717, 1.165) is 38.8 Å². The van der Waals surface area contributed by atoms with Crippen LogP contribution in [0.4, 0.5) is 0 Å². The number of β-amino-alcohol motifs (C(OH)–C–C–N with tert-alkyl or cyclic N) is 1. The first-order valence-corrected chi connectivity index (χ1v) is 8.02. The zero-order valence-electron chi connectivity index (χ0n) is 13.0. The van der Waals surface area contributed by atoms with Crippen LogP contribution in [0.3, 0.4) is 0 Å². The van der Waals surface area contributed by atoms with E-state index in [0.29, 0.717) is 19.6 Å². The zero-order chi connectivity index (χ0) is 15.2. The summed E-state index contributed by atoms with van der Waals surface area (Å²) >= 11 is 0. The number of aliphatic hydroxyl groups is 1. The van der Waals surface area contributed by atoms with Crippen LogP contribution in [0.2, 0.25) is 0 Å². The number of nitrogens with zero attached hydrogens (tertiary/aromatic N) is 3. The standard InChI is InChI=1S/C15H27N3O3/c1-16(13-5-3-2-4-6-13)14(20)15(21)18-9-7-17(8-10-18)11-12-19/h13,19H,2-12H2,1H3. The number of amides is 2. The molecule has 6 heteroatoms. The smallest absolute Gasteiger partial charge is 0.312 e. The molecule has 0 aromatic heterocycles. The van der Waals surface area contributed by atoms with Crippen molar-refractivity contribution in [2.75, 3.05) is 46.4 Å². The molecule has 0 radical (unpaired) electrons. The Balaban J connectivity index is 1.83. The molecule has 1 heterocycles. The first-order valence-electron chi connectivity index (χ1n) is 8.02. The fourth-order valence-electron chi connectivity index (χ4n) is 3.24. The number of hydrogen-bond acceptors (Lipinski definition) is 4. The van der Waals surface area contributed by atoms with Gasteiger partial charge in [0.15, 0.2) is 0 Å². The van der Waals surface area contributed by atoms with E-state index in [1.165, 1.54) is 6.42 Å². The summed E-state index contributed by atoms with van der Waals surface area (Å²) < 4.78 is 0. The van der Waals surface area contributed by atoms with Crippen LogP contribution in [-0.2, 0) is 9.59 Å². The molecule has 2 rings (SSSR count). The van der Waals surface area contributed by atoms with Crippen LogP contribution < -0.4 is 0 Å². The van der Waals surface area contributed by atoms with Gasteiger partial charge in [-0.1, -0.05) is 19.3 Å². The number of rotatable bonds is 3. The fourth-order valence-corrected chi connectivity index (χ4v) is 3.24. The molecule has 0 spiro atoms. The second-order valence-electron chi connectivity index (χ2n) is 6.07. The summed E-state index contributed by atoms with van der Waals surface area (Å²) in [6.45, 7) is 3.38. The molecule has 2 fully saturated rings. The van der Waals surface area contributed by atoms with Crippen molar-refractivity contribution in [2.24, 2.45) is 0 Å². The van der Waals surface area contributed by atoms with Gasteiger partial charge in [0.2, 0.25) is 0 Å². The number of aliphatic hydroxyl groups excluding tert-OH is 1. The summed E-state index contributed by atoms with van der Waals surface area (Å²) in [6, 6.07) is 0.228. The SMILES string of the molecule is CN(C(=O)C(=O)N1CCN(CCO)CC1)C1CCCCC1. The van der Waals surface area contributed by atoms with Crippen LogP contribution >= 0.6 is 0 Å². The predicted molar refractivity (Wildman–Crippen MR) is 79.7 cm³/mol. The molecule has 0 unspecified atom stereocenters. The minimum Gasteiger partial charge on any atom is -0.395 e. The molecule has 1 aliphatic carbocycles. The van der Waals surface area contributed by atoms with E-state index in [-0.39, 0.29) is 24.5 Å². The number of carbonyl (C=O) groups excluding carboxylic acids is 2. The van der Waals surface area contributed by atoms with Crippen molar-refractivity contribution in [3.8, 4) is 0 Å². The van der Waals surface area contributed by atoms with Crippen molar-refractivity contribution in [1.82, 2.24) is 14.7 Å². The van der Waals surface area contributed by atoms with E-state index >= 15 is 0 Å². The molecular formula is C15H27N3O3. The third-order valence-electron chi connectivity index (χ3n) is 4.70. The Hall–Kier alpha value is -1.14. The lowest BCUT2D eigenvalue weighted by Crippen LogP contribution is -2.54. The molecular weight excluding hydrogens is 270 g/mol. The van der Waals surface area contributed by atoms with Gasteiger partial charge in [0.25, 0.3) is 0 Å². The predicted octanol–water partition coefficient (Wildman–Crippen LogP) is -0.0860. The van der Waals surface area contributed by atoms with Crippen molar-refractivity contribution in [3.63, 3.8) is 0 Å². The lowest BCUT2D eigenvalue weighted by molar-refractivity contribution is -0.153. The molecule has 0 aromatic carbocycles. The van der Waals surface area contributed by atoms with E-state index in [2.05, 4.69) is 4.90 Å². The monoisotopic (exact) mass is 297 g/mol. The number of carbonyl (C=O) groups is 2. The molecule has 0 atom stereocenters. The van der Waals surface area contributed by atoms with Crippen LogP contribution in [0.5, 0.6) is 0 Å². The van der Waals surface area contributed by atoms with E-state index in [4.69, 9.17) is 5.11 Å².